The molecule has 0 bridgehead atoms. The molecular formula is C11H15F2NO. The second-order valence-corrected chi connectivity index (χ2v) is 3.43. The van der Waals surface area contributed by atoms with Gasteiger partial charge < -0.3 is 10.8 Å². The zero-order chi connectivity index (χ0) is 11.5. The number of aliphatic hydroxyl groups excluding tert-OH is 1. The molecule has 1 atom stereocenters. The summed E-state index contributed by atoms with van der Waals surface area (Å²) in [5, 5.41) is 9.42. The Kier molecular flexibility index (Phi) is 3.77. The van der Waals surface area contributed by atoms with Crippen molar-refractivity contribution in [3.8, 4) is 0 Å². The largest absolute Gasteiger partial charge is 0.387 e. The molecule has 1 rings (SSSR count). The molecule has 0 aromatic heterocycles. The smallest absolute Gasteiger partial charge is 0.273 e. The van der Waals surface area contributed by atoms with E-state index in [4.69, 9.17) is 5.73 Å². The van der Waals surface area contributed by atoms with Gasteiger partial charge in [0.15, 0.2) is 0 Å². The van der Waals surface area contributed by atoms with Gasteiger partial charge in [-0.15, -0.1) is 0 Å². The molecule has 0 amide bonds. The normalized spacial score (nSPS) is 13.9. The summed E-state index contributed by atoms with van der Waals surface area (Å²) in [5.74, 6) is -2.84. The zero-order valence-corrected chi connectivity index (χ0v) is 8.58. The summed E-state index contributed by atoms with van der Waals surface area (Å²) in [5.41, 5.74) is 5.62. The van der Waals surface area contributed by atoms with Gasteiger partial charge in [-0.3, -0.25) is 0 Å². The quantitative estimate of drug-likeness (QED) is 0.808. The van der Waals surface area contributed by atoms with Crippen LogP contribution in [-0.4, -0.2) is 11.7 Å². The Bertz CT molecular complexity index is 328. The minimum Gasteiger partial charge on any atom is -0.387 e. The van der Waals surface area contributed by atoms with Gasteiger partial charge in [-0.2, -0.15) is 0 Å². The van der Waals surface area contributed by atoms with Crippen molar-refractivity contribution in [1.82, 2.24) is 0 Å². The summed E-state index contributed by atoms with van der Waals surface area (Å²) in [6.45, 7) is 1.45. The van der Waals surface area contributed by atoms with Crippen LogP contribution in [0.25, 0.3) is 0 Å². The van der Waals surface area contributed by atoms with Gasteiger partial charge in [0.05, 0.1) is 6.10 Å². The molecule has 0 aliphatic heterocycles. The fraction of sp³-hybridized carbons (Fsp3) is 0.455. The van der Waals surface area contributed by atoms with Crippen LogP contribution in [0.3, 0.4) is 0 Å². The van der Waals surface area contributed by atoms with Crippen molar-refractivity contribution in [3.05, 3.63) is 35.4 Å². The van der Waals surface area contributed by atoms with Crippen LogP contribution in [0.1, 0.15) is 30.6 Å². The maximum absolute atomic E-state index is 13.3. The second-order valence-electron chi connectivity index (χ2n) is 3.43. The molecule has 0 saturated heterocycles. The molecule has 0 fully saturated rings. The average molecular weight is 215 g/mol. The fourth-order valence-corrected chi connectivity index (χ4v) is 1.31. The number of halogens is 2. The molecule has 0 saturated carbocycles. The highest BCUT2D eigenvalue weighted by atomic mass is 19.3. The van der Waals surface area contributed by atoms with E-state index in [2.05, 4.69) is 0 Å². The van der Waals surface area contributed by atoms with E-state index in [9.17, 15) is 13.9 Å². The Labute approximate surface area is 87.7 Å². The predicted molar refractivity (Wildman–Crippen MR) is 54.6 cm³/mol. The SMILES string of the molecule is CCC(F)(F)c1cccc(C(O)CN)c1. The number of rotatable bonds is 4. The first-order valence-electron chi connectivity index (χ1n) is 4.87. The highest BCUT2D eigenvalue weighted by molar-refractivity contribution is 5.28. The van der Waals surface area contributed by atoms with Crippen LogP contribution in [-0.2, 0) is 5.92 Å². The topological polar surface area (TPSA) is 46.2 Å². The van der Waals surface area contributed by atoms with E-state index in [-0.39, 0.29) is 18.5 Å². The van der Waals surface area contributed by atoms with Crippen LogP contribution in [0.5, 0.6) is 0 Å². The maximum atomic E-state index is 13.3. The first kappa shape index (κ1) is 12.1. The zero-order valence-electron chi connectivity index (χ0n) is 8.58. The Morgan fingerprint density at radius 3 is 2.67 bits per heavy atom. The summed E-state index contributed by atoms with van der Waals surface area (Å²) in [6, 6.07) is 5.76. The molecule has 15 heavy (non-hydrogen) atoms. The van der Waals surface area contributed by atoms with Crippen molar-refractivity contribution in [3.63, 3.8) is 0 Å². The monoisotopic (exact) mass is 215 g/mol. The molecule has 3 N–H and O–H groups in total. The fourth-order valence-electron chi connectivity index (χ4n) is 1.31. The van der Waals surface area contributed by atoms with Crippen LogP contribution in [0.2, 0.25) is 0 Å². The summed E-state index contributed by atoms with van der Waals surface area (Å²) < 4.78 is 26.6. The van der Waals surface area contributed by atoms with Gasteiger partial charge in [-0.25, -0.2) is 8.78 Å². The van der Waals surface area contributed by atoms with Gasteiger partial charge >= 0.3 is 0 Å². The highest BCUT2D eigenvalue weighted by Gasteiger charge is 2.29. The lowest BCUT2D eigenvalue weighted by atomic mass is 10.0. The minimum absolute atomic E-state index is 0.0289. The number of aliphatic hydroxyl groups is 1. The van der Waals surface area contributed by atoms with Crippen molar-refractivity contribution < 1.29 is 13.9 Å². The van der Waals surface area contributed by atoms with Gasteiger partial charge in [-0.05, 0) is 11.6 Å². The summed E-state index contributed by atoms with van der Waals surface area (Å²) in [6.07, 6.45) is -1.13. The molecule has 1 aromatic carbocycles. The second kappa shape index (κ2) is 4.68. The third kappa shape index (κ3) is 2.73. The van der Waals surface area contributed by atoms with Gasteiger partial charge in [-0.1, -0.05) is 25.1 Å². The van der Waals surface area contributed by atoms with Crippen molar-refractivity contribution in [1.29, 1.82) is 0 Å². The van der Waals surface area contributed by atoms with Gasteiger partial charge in [0, 0.05) is 18.5 Å². The molecular weight excluding hydrogens is 200 g/mol. The molecule has 0 radical (unpaired) electrons. The summed E-state index contributed by atoms with van der Waals surface area (Å²) in [7, 11) is 0. The molecule has 0 aliphatic rings. The van der Waals surface area contributed by atoms with E-state index in [0.29, 0.717) is 5.56 Å². The first-order chi connectivity index (χ1) is 7.01. The standard InChI is InChI=1S/C11H15F2NO/c1-2-11(12,13)9-5-3-4-8(6-9)10(15)7-14/h3-6,10,15H,2,7,14H2,1H3. The number of hydrogen-bond donors (Lipinski definition) is 2. The lowest BCUT2D eigenvalue weighted by Gasteiger charge is -2.16. The van der Waals surface area contributed by atoms with Gasteiger partial charge in [0.25, 0.3) is 5.92 Å². The third-order valence-electron chi connectivity index (χ3n) is 2.36. The Morgan fingerprint density at radius 2 is 2.13 bits per heavy atom. The molecule has 0 aliphatic carbocycles. The van der Waals surface area contributed by atoms with E-state index >= 15 is 0 Å². The summed E-state index contributed by atoms with van der Waals surface area (Å²) in [4.78, 5) is 0. The van der Waals surface area contributed by atoms with Crippen LogP contribution in [0.4, 0.5) is 8.78 Å². The van der Waals surface area contributed by atoms with Crippen molar-refractivity contribution >= 4 is 0 Å². The van der Waals surface area contributed by atoms with Crippen molar-refractivity contribution in [2.75, 3.05) is 6.54 Å². The minimum atomic E-state index is -2.84. The maximum Gasteiger partial charge on any atom is 0.273 e. The average Bonchev–Trinajstić information content (AvgIpc) is 2.28. The molecule has 1 unspecified atom stereocenters. The Morgan fingerprint density at radius 1 is 1.47 bits per heavy atom. The van der Waals surface area contributed by atoms with E-state index in [1.807, 2.05) is 0 Å². The molecule has 84 valence electrons. The lowest BCUT2D eigenvalue weighted by Crippen LogP contribution is -2.15. The van der Waals surface area contributed by atoms with Crippen LogP contribution < -0.4 is 5.73 Å². The van der Waals surface area contributed by atoms with Crippen molar-refractivity contribution in [2.45, 2.75) is 25.4 Å². The van der Waals surface area contributed by atoms with Crippen LogP contribution in [0, 0.1) is 0 Å². The highest BCUT2D eigenvalue weighted by Crippen LogP contribution is 2.32. The van der Waals surface area contributed by atoms with Crippen molar-refractivity contribution in [2.24, 2.45) is 5.73 Å². The first-order valence-corrected chi connectivity index (χ1v) is 4.87. The van der Waals surface area contributed by atoms with Crippen LogP contribution >= 0.6 is 0 Å². The number of alkyl halides is 2. The van der Waals surface area contributed by atoms with E-state index in [1.165, 1.54) is 25.1 Å². The predicted octanol–water partition coefficient (Wildman–Crippen LogP) is 2.18. The number of hydrogen-bond acceptors (Lipinski definition) is 2. The molecule has 0 spiro atoms. The Hall–Kier alpha value is -1.00. The van der Waals surface area contributed by atoms with E-state index < -0.39 is 12.0 Å². The van der Waals surface area contributed by atoms with Gasteiger partial charge in [0.2, 0.25) is 0 Å². The molecule has 4 heteroatoms. The lowest BCUT2D eigenvalue weighted by molar-refractivity contribution is -0.00849. The third-order valence-corrected chi connectivity index (χ3v) is 2.36. The molecule has 0 heterocycles. The molecule has 2 nitrogen and oxygen atoms in total. The van der Waals surface area contributed by atoms with E-state index in [0.717, 1.165) is 0 Å². The number of benzene rings is 1. The van der Waals surface area contributed by atoms with E-state index in [1.54, 1.807) is 6.07 Å². The summed E-state index contributed by atoms with van der Waals surface area (Å²) >= 11 is 0. The molecule has 1 aromatic rings. The number of nitrogens with two attached hydrogens (primary N) is 1. The van der Waals surface area contributed by atoms with Crippen LogP contribution in [0.15, 0.2) is 24.3 Å². The Balaban J connectivity index is 3.02. The van der Waals surface area contributed by atoms with Gasteiger partial charge in [0.1, 0.15) is 0 Å².